The zero-order valence-corrected chi connectivity index (χ0v) is 16.6. The zero-order chi connectivity index (χ0) is 18.5. The molecule has 134 valence electrons. The number of thioether (sulfide) groups is 1. The summed E-state index contributed by atoms with van der Waals surface area (Å²) in [7, 11) is 0. The standard InChI is InChI=1S/C19H18BrN3O2S/c1-2-23-18(25)16(12-17(24)21-14-6-4-3-5-7-14)26-19(23)22-15-10-8-13(20)9-11-15/h3-11,16H,2,12H2,1H3,(H,21,24)/t16-/m1/s1. The zero-order valence-electron chi connectivity index (χ0n) is 14.2. The lowest BCUT2D eigenvalue weighted by molar-refractivity contribution is -0.128. The number of hydrogen-bond donors (Lipinski definition) is 1. The molecule has 0 radical (unpaired) electrons. The van der Waals surface area contributed by atoms with E-state index in [1.54, 1.807) is 4.90 Å². The van der Waals surface area contributed by atoms with E-state index >= 15 is 0 Å². The maximum absolute atomic E-state index is 12.6. The molecule has 2 amide bonds. The van der Waals surface area contributed by atoms with Crippen LogP contribution in [0.15, 0.2) is 64.1 Å². The number of hydrogen-bond acceptors (Lipinski definition) is 4. The molecule has 0 aliphatic carbocycles. The highest BCUT2D eigenvalue weighted by atomic mass is 79.9. The van der Waals surface area contributed by atoms with Crippen molar-refractivity contribution >= 4 is 56.0 Å². The Labute approximate surface area is 165 Å². The number of nitrogens with zero attached hydrogens (tertiary/aromatic N) is 2. The van der Waals surface area contributed by atoms with Crippen molar-refractivity contribution in [2.24, 2.45) is 4.99 Å². The van der Waals surface area contributed by atoms with E-state index in [-0.39, 0.29) is 18.2 Å². The summed E-state index contributed by atoms with van der Waals surface area (Å²) < 4.78 is 0.972. The van der Waals surface area contributed by atoms with Gasteiger partial charge in [0.05, 0.1) is 5.69 Å². The molecule has 1 atom stereocenters. The van der Waals surface area contributed by atoms with Crippen molar-refractivity contribution in [3.63, 3.8) is 0 Å². The number of carbonyl (C=O) groups excluding carboxylic acids is 2. The predicted molar refractivity (Wildman–Crippen MR) is 110 cm³/mol. The van der Waals surface area contributed by atoms with Gasteiger partial charge in [0.1, 0.15) is 5.25 Å². The molecule has 0 saturated carbocycles. The SMILES string of the molecule is CCN1C(=O)[C@@H](CC(=O)Nc2ccccc2)SC1=Nc1ccc(Br)cc1. The second-order valence-corrected chi connectivity index (χ2v) is 7.76. The minimum atomic E-state index is -0.451. The van der Waals surface area contributed by atoms with Crippen molar-refractivity contribution in [1.29, 1.82) is 0 Å². The second kappa shape index (κ2) is 8.51. The number of amidine groups is 1. The molecule has 0 aromatic heterocycles. The maximum atomic E-state index is 12.6. The summed E-state index contributed by atoms with van der Waals surface area (Å²) in [5.41, 5.74) is 1.50. The van der Waals surface area contributed by atoms with Crippen LogP contribution in [-0.2, 0) is 9.59 Å². The highest BCUT2D eigenvalue weighted by Crippen LogP contribution is 2.32. The lowest BCUT2D eigenvalue weighted by Crippen LogP contribution is -2.33. The molecule has 1 heterocycles. The van der Waals surface area contributed by atoms with E-state index in [2.05, 4.69) is 26.2 Å². The molecule has 1 aliphatic heterocycles. The van der Waals surface area contributed by atoms with Gasteiger partial charge in [0.25, 0.3) is 0 Å². The van der Waals surface area contributed by atoms with Gasteiger partial charge in [-0.25, -0.2) is 4.99 Å². The number of amides is 2. The van der Waals surface area contributed by atoms with Crippen LogP contribution in [0.4, 0.5) is 11.4 Å². The molecule has 1 fully saturated rings. The fourth-order valence-electron chi connectivity index (χ4n) is 2.54. The number of carbonyl (C=O) groups is 2. The third-order valence-corrected chi connectivity index (χ3v) is 5.52. The first kappa shape index (κ1) is 18.7. The van der Waals surface area contributed by atoms with Gasteiger partial charge in [0.2, 0.25) is 11.8 Å². The van der Waals surface area contributed by atoms with E-state index in [1.165, 1.54) is 11.8 Å². The molecule has 1 aliphatic rings. The summed E-state index contributed by atoms with van der Waals surface area (Å²) >= 11 is 4.74. The Hall–Kier alpha value is -2.12. The number of rotatable bonds is 5. The van der Waals surface area contributed by atoms with Crippen molar-refractivity contribution in [3.05, 3.63) is 59.1 Å². The van der Waals surface area contributed by atoms with Crippen LogP contribution in [0.25, 0.3) is 0 Å². The van der Waals surface area contributed by atoms with E-state index in [1.807, 2.05) is 61.5 Å². The summed E-state index contributed by atoms with van der Waals surface area (Å²) in [4.78, 5) is 31.1. The Balaban J connectivity index is 1.70. The van der Waals surface area contributed by atoms with Gasteiger partial charge in [-0.05, 0) is 43.3 Å². The second-order valence-electron chi connectivity index (χ2n) is 5.68. The van der Waals surface area contributed by atoms with Crippen molar-refractivity contribution in [1.82, 2.24) is 4.90 Å². The van der Waals surface area contributed by atoms with E-state index in [9.17, 15) is 9.59 Å². The number of halogens is 1. The minimum Gasteiger partial charge on any atom is -0.326 e. The van der Waals surface area contributed by atoms with Gasteiger partial charge in [-0.2, -0.15) is 0 Å². The van der Waals surface area contributed by atoms with Gasteiger partial charge in [-0.1, -0.05) is 45.9 Å². The van der Waals surface area contributed by atoms with Gasteiger partial charge < -0.3 is 5.32 Å². The first-order valence-electron chi connectivity index (χ1n) is 8.24. The van der Waals surface area contributed by atoms with Crippen LogP contribution in [0.5, 0.6) is 0 Å². The summed E-state index contributed by atoms with van der Waals surface area (Å²) in [6.45, 7) is 2.43. The number of nitrogens with one attached hydrogen (secondary N) is 1. The van der Waals surface area contributed by atoms with Crippen LogP contribution in [0.1, 0.15) is 13.3 Å². The molecule has 7 heteroatoms. The molecule has 0 spiro atoms. The Kier molecular flexibility index (Phi) is 6.11. The monoisotopic (exact) mass is 431 g/mol. The van der Waals surface area contributed by atoms with Crippen LogP contribution >= 0.6 is 27.7 Å². The first-order chi connectivity index (χ1) is 12.6. The van der Waals surface area contributed by atoms with Gasteiger partial charge in [0.15, 0.2) is 5.17 Å². The molecule has 0 unspecified atom stereocenters. The van der Waals surface area contributed by atoms with Crippen molar-refractivity contribution in [2.45, 2.75) is 18.6 Å². The van der Waals surface area contributed by atoms with Crippen molar-refractivity contribution < 1.29 is 9.59 Å². The fraction of sp³-hybridized carbons (Fsp3) is 0.211. The Morgan fingerprint density at radius 3 is 2.54 bits per heavy atom. The van der Waals surface area contributed by atoms with Crippen molar-refractivity contribution in [2.75, 3.05) is 11.9 Å². The highest BCUT2D eigenvalue weighted by Gasteiger charge is 2.38. The summed E-state index contributed by atoms with van der Waals surface area (Å²) in [5, 5.41) is 3.01. The molecular weight excluding hydrogens is 414 g/mol. The Morgan fingerprint density at radius 2 is 1.88 bits per heavy atom. The first-order valence-corrected chi connectivity index (χ1v) is 9.91. The quantitative estimate of drug-likeness (QED) is 0.761. The third-order valence-electron chi connectivity index (χ3n) is 3.82. The molecule has 1 N–H and O–H groups in total. The average molecular weight is 432 g/mol. The van der Waals surface area contributed by atoms with Crippen LogP contribution < -0.4 is 5.32 Å². The summed E-state index contributed by atoms with van der Waals surface area (Å²) in [6.07, 6.45) is 0.119. The van der Waals surface area contributed by atoms with E-state index in [4.69, 9.17) is 0 Å². The number of anilines is 1. The van der Waals surface area contributed by atoms with Gasteiger partial charge in [-0.3, -0.25) is 14.5 Å². The van der Waals surface area contributed by atoms with E-state index < -0.39 is 5.25 Å². The van der Waals surface area contributed by atoms with Crippen LogP contribution in [-0.4, -0.2) is 33.7 Å². The van der Waals surface area contributed by atoms with Crippen LogP contribution in [0, 0.1) is 0 Å². The van der Waals surface area contributed by atoms with E-state index in [0.717, 1.165) is 15.8 Å². The molecule has 3 rings (SSSR count). The lowest BCUT2D eigenvalue weighted by atomic mass is 10.2. The van der Waals surface area contributed by atoms with Crippen LogP contribution in [0.2, 0.25) is 0 Å². The van der Waals surface area contributed by atoms with E-state index in [0.29, 0.717) is 11.7 Å². The molecular formula is C19H18BrN3O2S. The maximum Gasteiger partial charge on any atom is 0.242 e. The lowest BCUT2D eigenvalue weighted by Gasteiger charge is -2.13. The highest BCUT2D eigenvalue weighted by molar-refractivity contribution is 9.10. The molecule has 5 nitrogen and oxygen atoms in total. The predicted octanol–water partition coefficient (Wildman–Crippen LogP) is 4.43. The number of para-hydroxylation sites is 1. The molecule has 26 heavy (non-hydrogen) atoms. The summed E-state index contributed by atoms with van der Waals surface area (Å²) in [6, 6.07) is 16.8. The number of aliphatic imine (C=N–C) groups is 1. The average Bonchev–Trinajstić information content (AvgIpc) is 2.92. The molecule has 2 aromatic carbocycles. The minimum absolute atomic E-state index is 0.0726. The van der Waals surface area contributed by atoms with Crippen molar-refractivity contribution in [3.8, 4) is 0 Å². The van der Waals surface area contributed by atoms with Gasteiger partial charge in [-0.15, -0.1) is 0 Å². The molecule has 1 saturated heterocycles. The van der Waals surface area contributed by atoms with Gasteiger partial charge >= 0.3 is 0 Å². The normalized spacial score (nSPS) is 18.4. The smallest absolute Gasteiger partial charge is 0.242 e. The number of benzene rings is 2. The molecule has 0 bridgehead atoms. The molecule has 2 aromatic rings. The Bertz CT molecular complexity index is 824. The topological polar surface area (TPSA) is 61.8 Å². The summed E-state index contributed by atoms with van der Waals surface area (Å²) in [5.74, 6) is -0.250. The largest absolute Gasteiger partial charge is 0.326 e. The van der Waals surface area contributed by atoms with Gasteiger partial charge in [0, 0.05) is 23.1 Å². The third kappa shape index (κ3) is 4.53. The fourth-order valence-corrected chi connectivity index (χ4v) is 4.03. The van der Waals surface area contributed by atoms with Crippen LogP contribution in [0.3, 0.4) is 0 Å². The Morgan fingerprint density at radius 1 is 1.19 bits per heavy atom.